The van der Waals surface area contributed by atoms with Gasteiger partial charge in [0.25, 0.3) is 0 Å². The zero-order valence-electron chi connectivity index (χ0n) is 14.8. The fourth-order valence-corrected chi connectivity index (χ4v) is 3.72. The molecule has 2 aliphatic rings. The third-order valence-electron chi connectivity index (χ3n) is 5.16. The molecule has 2 saturated heterocycles. The zero-order chi connectivity index (χ0) is 16.9. The monoisotopic (exact) mass is 331 g/mol. The van der Waals surface area contributed by atoms with Gasteiger partial charge in [0.15, 0.2) is 0 Å². The Hall–Kier alpha value is -1.82. The van der Waals surface area contributed by atoms with E-state index in [0.717, 1.165) is 51.4 Å². The second-order valence-electron chi connectivity index (χ2n) is 7.20. The van der Waals surface area contributed by atoms with Gasteiger partial charge in [-0.1, -0.05) is 6.07 Å². The van der Waals surface area contributed by atoms with Crippen LogP contribution in [0.4, 0.5) is 10.6 Å². The van der Waals surface area contributed by atoms with E-state index in [4.69, 9.17) is 0 Å². The second-order valence-corrected chi connectivity index (χ2v) is 7.20. The SMILES string of the molecule is CN1CCC(CN(C)C(=O)NC2CCN(c3ccccn3)CC2)C1. The van der Waals surface area contributed by atoms with Crippen molar-refractivity contribution in [3.63, 3.8) is 0 Å². The predicted octanol–water partition coefficient (Wildman–Crippen LogP) is 1.64. The zero-order valence-corrected chi connectivity index (χ0v) is 14.8. The van der Waals surface area contributed by atoms with Crippen LogP contribution in [-0.4, -0.2) is 73.7 Å². The summed E-state index contributed by atoms with van der Waals surface area (Å²) in [5.74, 6) is 1.64. The van der Waals surface area contributed by atoms with Crippen LogP contribution in [0.25, 0.3) is 0 Å². The van der Waals surface area contributed by atoms with Crippen LogP contribution in [0.15, 0.2) is 24.4 Å². The van der Waals surface area contributed by atoms with Crippen LogP contribution in [0.3, 0.4) is 0 Å². The van der Waals surface area contributed by atoms with E-state index < -0.39 is 0 Å². The number of rotatable bonds is 4. The first-order valence-electron chi connectivity index (χ1n) is 8.98. The van der Waals surface area contributed by atoms with E-state index in [2.05, 4.69) is 27.1 Å². The highest BCUT2D eigenvalue weighted by atomic mass is 16.2. The van der Waals surface area contributed by atoms with Crippen LogP contribution in [0, 0.1) is 5.92 Å². The van der Waals surface area contributed by atoms with Crippen LogP contribution in [0.5, 0.6) is 0 Å². The molecule has 0 bridgehead atoms. The smallest absolute Gasteiger partial charge is 0.317 e. The minimum atomic E-state index is 0.0702. The molecule has 1 N–H and O–H groups in total. The highest BCUT2D eigenvalue weighted by molar-refractivity contribution is 5.74. The quantitative estimate of drug-likeness (QED) is 0.911. The number of aromatic nitrogens is 1. The van der Waals surface area contributed by atoms with E-state index in [-0.39, 0.29) is 12.1 Å². The van der Waals surface area contributed by atoms with Crippen molar-refractivity contribution >= 4 is 11.8 Å². The van der Waals surface area contributed by atoms with Crippen molar-refractivity contribution < 1.29 is 4.79 Å². The summed E-state index contributed by atoms with van der Waals surface area (Å²) < 4.78 is 0. The van der Waals surface area contributed by atoms with Crippen molar-refractivity contribution in [2.24, 2.45) is 5.92 Å². The van der Waals surface area contributed by atoms with Gasteiger partial charge in [-0.3, -0.25) is 0 Å². The molecule has 0 saturated carbocycles. The number of carbonyl (C=O) groups excluding carboxylic acids is 1. The lowest BCUT2D eigenvalue weighted by atomic mass is 10.1. The number of nitrogens with zero attached hydrogens (tertiary/aromatic N) is 4. The first-order chi connectivity index (χ1) is 11.6. The number of likely N-dealkylation sites (tertiary alicyclic amines) is 1. The molecule has 0 aliphatic carbocycles. The molecule has 24 heavy (non-hydrogen) atoms. The first kappa shape index (κ1) is 17.0. The molecule has 3 rings (SSSR count). The molecule has 3 heterocycles. The van der Waals surface area contributed by atoms with Crippen molar-refractivity contribution in [3.05, 3.63) is 24.4 Å². The van der Waals surface area contributed by atoms with Crippen LogP contribution >= 0.6 is 0 Å². The molecule has 1 aromatic heterocycles. The largest absolute Gasteiger partial charge is 0.356 e. The number of piperidine rings is 1. The van der Waals surface area contributed by atoms with Gasteiger partial charge in [0, 0.05) is 45.5 Å². The van der Waals surface area contributed by atoms with Gasteiger partial charge in [0.2, 0.25) is 0 Å². The highest BCUT2D eigenvalue weighted by Gasteiger charge is 2.25. The van der Waals surface area contributed by atoms with Crippen molar-refractivity contribution in [3.8, 4) is 0 Å². The summed E-state index contributed by atoms with van der Waals surface area (Å²) in [5.41, 5.74) is 0. The molecule has 2 aliphatic heterocycles. The maximum Gasteiger partial charge on any atom is 0.317 e. The Morgan fingerprint density at radius 3 is 2.71 bits per heavy atom. The fourth-order valence-electron chi connectivity index (χ4n) is 3.72. The van der Waals surface area contributed by atoms with Gasteiger partial charge < -0.3 is 20.0 Å². The van der Waals surface area contributed by atoms with E-state index in [1.165, 1.54) is 6.42 Å². The number of urea groups is 1. The molecule has 1 unspecified atom stereocenters. The molecule has 2 amide bonds. The lowest BCUT2D eigenvalue weighted by Gasteiger charge is -2.34. The van der Waals surface area contributed by atoms with Gasteiger partial charge in [-0.2, -0.15) is 0 Å². The number of hydrogen-bond donors (Lipinski definition) is 1. The van der Waals surface area contributed by atoms with Crippen LogP contribution in [0.1, 0.15) is 19.3 Å². The third kappa shape index (κ3) is 4.38. The van der Waals surface area contributed by atoms with Crippen molar-refractivity contribution in [2.75, 3.05) is 51.7 Å². The topological polar surface area (TPSA) is 51.7 Å². The third-order valence-corrected chi connectivity index (χ3v) is 5.16. The summed E-state index contributed by atoms with van der Waals surface area (Å²) in [6.45, 7) is 4.98. The van der Waals surface area contributed by atoms with Gasteiger partial charge >= 0.3 is 6.03 Å². The summed E-state index contributed by atoms with van der Waals surface area (Å²) in [6, 6.07) is 6.35. The van der Waals surface area contributed by atoms with Gasteiger partial charge in [-0.25, -0.2) is 9.78 Å². The summed E-state index contributed by atoms with van der Waals surface area (Å²) in [6.07, 6.45) is 4.97. The fraction of sp³-hybridized carbons (Fsp3) is 0.667. The Morgan fingerprint density at radius 1 is 1.29 bits per heavy atom. The number of pyridine rings is 1. The maximum absolute atomic E-state index is 12.4. The Kier molecular flexibility index (Phi) is 5.56. The summed E-state index contributed by atoms with van der Waals surface area (Å²) in [4.78, 5) is 23.3. The Balaban J connectivity index is 1.41. The van der Waals surface area contributed by atoms with Crippen molar-refractivity contribution in [2.45, 2.75) is 25.3 Å². The molecular weight excluding hydrogens is 302 g/mol. The summed E-state index contributed by atoms with van der Waals surface area (Å²) in [5, 5.41) is 3.20. The Bertz CT molecular complexity index is 529. The van der Waals surface area contributed by atoms with E-state index in [0.29, 0.717) is 5.92 Å². The van der Waals surface area contributed by atoms with Crippen LogP contribution in [0.2, 0.25) is 0 Å². The molecule has 0 radical (unpaired) electrons. The molecular formula is C18H29N5O. The molecule has 1 aromatic rings. The number of nitrogens with one attached hydrogen (secondary N) is 1. The number of anilines is 1. The normalized spacial score (nSPS) is 22.6. The van der Waals surface area contributed by atoms with Crippen molar-refractivity contribution in [1.82, 2.24) is 20.1 Å². The average Bonchev–Trinajstić information content (AvgIpc) is 3.01. The van der Waals surface area contributed by atoms with Crippen LogP contribution < -0.4 is 10.2 Å². The number of carbonyl (C=O) groups is 1. The molecule has 6 heteroatoms. The number of hydrogen-bond acceptors (Lipinski definition) is 4. The van der Waals surface area contributed by atoms with E-state index in [1.54, 1.807) is 0 Å². The van der Waals surface area contributed by atoms with Crippen LogP contribution in [-0.2, 0) is 0 Å². The minimum Gasteiger partial charge on any atom is -0.356 e. The lowest BCUT2D eigenvalue weighted by Crippen LogP contribution is -2.49. The van der Waals surface area contributed by atoms with Gasteiger partial charge in [-0.05, 0) is 50.9 Å². The lowest BCUT2D eigenvalue weighted by molar-refractivity contribution is 0.194. The Labute approximate surface area is 144 Å². The molecule has 2 fully saturated rings. The first-order valence-corrected chi connectivity index (χ1v) is 8.98. The number of amides is 2. The Morgan fingerprint density at radius 2 is 2.08 bits per heavy atom. The molecule has 132 valence electrons. The predicted molar refractivity (Wildman–Crippen MR) is 96.2 cm³/mol. The van der Waals surface area contributed by atoms with E-state index >= 15 is 0 Å². The highest BCUT2D eigenvalue weighted by Crippen LogP contribution is 2.18. The minimum absolute atomic E-state index is 0.0702. The van der Waals surface area contributed by atoms with E-state index in [1.807, 2.05) is 36.3 Å². The average molecular weight is 331 g/mol. The molecule has 6 nitrogen and oxygen atoms in total. The second kappa shape index (κ2) is 7.83. The van der Waals surface area contributed by atoms with E-state index in [9.17, 15) is 4.79 Å². The van der Waals surface area contributed by atoms with Gasteiger partial charge in [0.05, 0.1) is 0 Å². The van der Waals surface area contributed by atoms with Gasteiger partial charge in [0.1, 0.15) is 5.82 Å². The van der Waals surface area contributed by atoms with Crippen molar-refractivity contribution in [1.29, 1.82) is 0 Å². The summed E-state index contributed by atoms with van der Waals surface area (Å²) in [7, 11) is 4.06. The summed E-state index contributed by atoms with van der Waals surface area (Å²) >= 11 is 0. The maximum atomic E-state index is 12.4. The molecule has 0 aromatic carbocycles. The molecule has 1 atom stereocenters. The standard InChI is InChI=1S/C18H29N5O/c1-21-10-6-15(13-21)14-22(2)18(24)20-16-7-11-23(12-8-16)17-5-3-4-9-19-17/h3-5,9,15-16H,6-8,10-14H2,1-2H3,(H,20,24). The van der Waals surface area contributed by atoms with Gasteiger partial charge in [-0.15, -0.1) is 0 Å². The molecule has 0 spiro atoms.